The van der Waals surface area contributed by atoms with Gasteiger partial charge in [-0.3, -0.25) is 4.90 Å². The van der Waals surface area contributed by atoms with Crippen LogP contribution in [-0.2, 0) is 6.54 Å². The molecule has 12 heavy (non-hydrogen) atoms. The van der Waals surface area contributed by atoms with E-state index in [4.69, 9.17) is 11.6 Å². The van der Waals surface area contributed by atoms with Gasteiger partial charge in [0, 0.05) is 30.0 Å². The lowest BCUT2D eigenvalue weighted by Crippen LogP contribution is -2.19. The third kappa shape index (κ3) is 1.97. The number of thiazole rings is 1. The number of hydrogen-bond donors (Lipinski definition) is 0. The molecule has 0 amide bonds. The van der Waals surface area contributed by atoms with Crippen LogP contribution in [0.3, 0.4) is 0 Å². The number of halogens is 1. The highest BCUT2D eigenvalue weighted by atomic mass is 35.5. The summed E-state index contributed by atoms with van der Waals surface area (Å²) in [6, 6.07) is 0. The molecule has 0 bridgehead atoms. The lowest BCUT2D eigenvalue weighted by molar-refractivity contribution is 0.331. The molecular formula is C8H11ClN2S. The smallest absolute Gasteiger partial charge is 0.107 e. The normalized spacial score (nSPS) is 24.9. The lowest BCUT2D eigenvalue weighted by atomic mass is 10.4. The van der Waals surface area contributed by atoms with Crippen LogP contribution in [0.25, 0.3) is 0 Å². The van der Waals surface area contributed by atoms with Crippen LogP contribution < -0.4 is 0 Å². The lowest BCUT2D eigenvalue weighted by Gasteiger charge is -2.11. The summed E-state index contributed by atoms with van der Waals surface area (Å²) < 4.78 is 0. The Balaban J connectivity index is 1.88. The largest absolute Gasteiger partial charge is 0.295 e. The van der Waals surface area contributed by atoms with Gasteiger partial charge < -0.3 is 0 Å². The zero-order valence-corrected chi connectivity index (χ0v) is 8.31. The van der Waals surface area contributed by atoms with Gasteiger partial charge in [-0.1, -0.05) is 0 Å². The molecule has 0 radical (unpaired) electrons. The maximum absolute atomic E-state index is 5.99. The SMILES string of the molecule is ClC1CCN(Cc2nccs2)C1. The summed E-state index contributed by atoms with van der Waals surface area (Å²) in [5, 5.41) is 3.56. The predicted octanol–water partition coefficient (Wildman–Crippen LogP) is 1.96. The van der Waals surface area contributed by atoms with Crippen LogP contribution in [0.2, 0.25) is 0 Å². The van der Waals surface area contributed by atoms with Gasteiger partial charge in [-0.15, -0.1) is 22.9 Å². The van der Waals surface area contributed by atoms with E-state index < -0.39 is 0 Å². The van der Waals surface area contributed by atoms with Crippen molar-refractivity contribution < 1.29 is 0 Å². The molecule has 1 fully saturated rings. The highest BCUT2D eigenvalue weighted by molar-refractivity contribution is 7.09. The van der Waals surface area contributed by atoms with Crippen LogP contribution in [0.1, 0.15) is 11.4 Å². The minimum absolute atomic E-state index is 0.352. The second-order valence-electron chi connectivity index (χ2n) is 3.05. The first kappa shape index (κ1) is 8.48. The molecule has 2 nitrogen and oxygen atoms in total. The van der Waals surface area contributed by atoms with Gasteiger partial charge in [0.2, 0.25) is 0 Å². The quantitative estimate of drug-likeness (QED) is 0.682. The Labute approximate surface area is 81.2 Å². The van der Waals surface area contributed by atoms with Crippen LogP contribution in [0.4, 0.5) is 0 Å². The standard InChI is InChI=1S/C8H11ClN2S/c9-7-1-3-11(5-7)6-8-10-2-4-12-8/h2,4,7H,1,3,5-6H2. The average molecular weight is 203 g/mol. The number of aromatic nitrogens is 1. The van der Waals surface area contributed by atoms with E-state index in [2.05, 4.69) is 9.88 Å². The minimum atomic E-state index is 0.352. The molecule has 0 N–H and O–H groups in total. The maximum Gasteiger partial charge on any atom is 0.107 e. The Morgan fingerprint density at radius 1 is 1.75 bits per heavy atom. The highest BCUT2D eigenvalue weighted by Gasteiger charge is 2.20. The Hall–Kier alpha value is -0.120. The molecule has 2 rings (SSSR count). The van der Waals surface area contributed by atoms with Crippen LogP contribution >= 0.6 is 22.9 Å². The molecule has 1 aromatic rings. The van der Waals surface area contributed by atoms with Crippen LogP contribution in [0.5, 0.6) is 0 Å². The molecule has 1 atom stereocenters. The van der Waals surface area contributed by atoms with Crippen LogP contribution in [0.15, 0.2) is 11.6 Å². The molecule has 1 aliphatic heterocycles. The third-order valence-electron chi connectivity index (χ3n) is 2.06. The van der Waals surface area contributed by atoms with Crippen molar-refractivity contribution in [2.45, 2.75) is 18.3 Å². The van der Waals surface area contributed by atoms with Gasteiger partial charge in [-0.2, -0.15) is 0 Å². The fraction of sp³-hybridized carbons (Fsp3) is 0.625. The van der Waals surface area contributed by atoms with Crippen molar-refractivity contribution in [3.8, 4) is 0 Å². The van der Waals surface area contributed by atoms with Crippen molar-refractivity contribution in [3.63, 3.8) is 0 Å². The van der Waals surface area contributed by atoms with Gasteiger partial charge >= 0.3 is 0 Å². The molecule has 0 aliphatic carbocycles. The molecule has 0 saturated carbocycles. The van der Waals surface area contributed by atoms with Gasteiger partial charge in [-0.25, -0.2) is 4.98 Å². The van der Waals surface area contributed by atoms with Crippen molar-refractivity contribution in [3.05, 3.63) is 16.6 Å². The van der Waals surface area contributed by atoms with Crippen LogP contribution in [0, 0.1) is 0 Å². The number of nitrogens with zero attached hydrogens (tertiary/aromatic N) is 2. The summed E-state index contributed by atoms with van der Waals surface area (Å²) in [5.41, 5.74) is 0. The van der Waals surface area contributed by atoms with Crippen molar-refractivity contribution >= 4 is 22.9 Å². The summed E-state index contributed by atoms with van der Waals surface area (Å²) in [6.45, 7) is 3.11. The molecule has 1 saturated heterocycles. The van der Waals surface area contributed by atoms with Crippen molar-refractivity contribution in [1.82, 2.24) is 9.88 Å². The number of alkyl halides is 1. The summed E-state index contributed by atoms with van der Waals surface area (Å²) in [6.07, 6.45) is 2.97. The Bertz CT molecular complexity index is 237. The molecule has 0 aromatic carbocycles. The van der Waals surface area contributed by atoms with Crippen molar-refractivity contribution in [2.75, 3.05) is 13.1 Å². The summed E-state index contributed by atoms with van der Waals surface area (Å²) in [4.78, 5) is 6.60. The summed E-state index contributed by atoms with van der Waals surface area (Å²) in [5.74, 6) is 0. The first-order chi connectivity index (χ1) is 5.84. The Morgan fingerprint density at radius 3 is 3.25 bits per heavy atom. The van der Waals surface area contributed by atoms with Gasteiger partial charge in [-0.05, 0) is 6.42 Å². The van der Waals surface area contributed by atoms with Crippen LogP contribution in [-0.4, -0.2) is 28.4 Å². The van der Waals surface area contributed by atoms with E-state index in [0.717, 1.165) is 26.1 Å². The molecule has 66 valence electrons. The van der Waals surface area contributed by atoms with Crippen molar-refractivity contribution in [1.29, 1.82) is 0 Å². The second kappa shape index (κ2) is 3.73. The minimum Gasteiger partial charge on any atom is -0.295 e. The van der Waals surface area contributed by atoms with Gasteiger partial charge in [0.25, 0.3) is 0 Å². The van der Waals surface area contributed by atoms with Gasteiger partial charge in [0.15, 0.2) is 0 Å². The van der Waals surface area contributed by atoms with E-state index in [1.807, 2.05) is 11.6 Å². The molecule has 1 aliphatic rings. The van der Waals surface area contributed by atoms with Gasteiger partial charge in [0.1, 0.15) is 5.01 Å². The number of hydrogen-bond acceptors (Lipinski definition) is 3. The zero-order chi connectivity index (χ0) is 8.39. The fourth-order valence-electron chi connectivity index (χ4n) is 1.45. The maximum atomic E-state index is 5.99. The predicted molar refractivity (Wildman–Crippen MR) is 51.6 cm³/mol. The van der Waals surface area contributed by atoms with E-state index in [1.54, 1.807) is 11.3 Å². The highest BCUT2D eigenvalue weighted by Crippen LogP contribution is 2.17. The molecule has 4 heteroatoms. The van der Waals surface area contributed by atoms with Crippen molar-refractivity contribution in [2.24, 2.45) is 0 Å². The first-order valence-corrected chi connectivity index (χ1v) is 5.41. The number of rotatable bonds is 2. The fourth-order valence-corrected chi connectivity index (χ4v) is 2.40. The topological polar surface area (TPSA) is 16.1 Å². The summed E-state index contributed by atoms with van der Waals surface area (Å²) >= 11 is 7.70. The van der Waals surface area contributed by atoms with E-state index in [0.29, 0.717) is 5.38 Å². The molecule has 1 unspecified atom stereocenters. The van der Waals surface area contributed by atoms with Gasteiger partial charge in [0.05, 0.1) is 6.54 Å². The molecule has 2 heterocycles. The monoisotopic (exact) mass is 202 g/mol. The molecule has 0 spiro atoms. The second-order valence-corrected chi connectivity index (χ2v) is 4.64. The third-order valence-corrected chi connectivity index (χ3v) is 3.18. The van der Waals surface area contributed by atoms with E-state index >= 15 is 0 Å². The van der Waals surface area contributed by atoms with E-state index in [1.165, 1.54) is 5.01 Å². The number of likely N-dealkylation sites (tertiary alicyclic amines) is 1. The first-order valence-electron chi connectivity index (χ1n) is 4.09. The zero-order valence-electron chi connectivity index (χ0n) is 6.74. The molecule has 1 aromatic heterocycles. The molecular weight excluding hydrogens is 192 g/mol. The Morgan fingerprint density at radius 2 is 2.67 bits per heavy atom. The van der Waals surface area contributed by atoms with E-state index in [-0.39, 0.29) is 0 Å². The Kier molecular flexibility index (Phi) is 2.63. The van der Waals surface area contributed by atoms with E-state index in [9.17, 15) is 0 Å². The average Bonchev–Trinajstić information content (AvgIpc) is 2.63. The summed E-state index contributed by atoms with van der Waals surface area (Å²) in [7, 11) is 0.